The minimum atomic E-state index is 0.725. The van der Waals surface area contributed by atoms with Gasteiger partial charge in [0.2, 0.25) is 0 Å². The van der Waals surface area contributed by atoms with Gasteiger partial charge in [-0.1, -0.05) is 13.0 Å². The maximum atomic E-state index is 3.85. The summed E-state index contributed by atoms with van der Waals surface area (Å²) in [5, 5.41) is 3.69. The van der Waals surface area contributed by atoms with Crippen molar-refractivity contribution in [2.75, 3.05) is 19.6 Å². The molecule has 2 unspecified atom stereocenters. The summed E-state index contributed by atoms with van der Waals surface area (Å²) in [5.74, 6) is 0.972. The molecule has 0 radical (unpaired) electrons. The van der Waals surface area contributed by atoms with Gasteiger partial charge in [-0.3, -0.25) is 4.90 Å². The van der Waals surface area contributed by atoms with E-state index in [1.807, 2.05) is 6.08 Å². The summed E-state index contributed by atoms with van der Waals surface area (Å²) in [6.45, 7) is 9.59. The van der Waals surface area contributed by atoms with Crippen LogP contribution in [-0.2, 0) is 0 Å². The van der Waals surface area contributed by atoms with Crippen molar-refractivity contribution in [3.8, 4) is 0 Å². The second kappa shape index (κ2) is 4.45. The van der Waals surface area contributed by atoms with Gasteiger partial charge in [0.25, 0.3) is 0 Å². The third-order valence-electron chi connectivity index (χ3n) is 3.59. The third kappa shape index (κ3) is 2.18. The number of hydrogen-bond acceptors (Lipinski definition) is 2. The van der Waals surface area contributed by atoms with Crippen LogP contribution >= 0.6 is 0 Å². The molecule has 1 saturated carbocycles. The Kier molecular flexibility index (Phi) is 3.24. The molecule has 1 aliphatic carbocycles. The van der Waals surface area contributed by atoms with Gasteiger partial charge < -0.3 is 5.32 Å². The average Bonchev–Trinajstić information content (AvgIpc) is 3.01. The Morgan fingerprint density at radius 2 is 2.29 bits per heavy atom. The van der Waals surface area contributed by atoms with Gasteiger partial charge in [0.1, 0.15) is 0 Å². The summed E-state index contributed by atoms with van der Waals surface area (Å²) in [5.41, 5.74) is 0. The molecule has 1 heterocycles. The highest BCUT2D eigenvalue weighted by Crippen LogP contribution is 2.34. The molecule has 1 N–H and O–H groups in total. The highest BCUT2D eigenvalue weighted by Gasteiger charge is 2.36. The van der Waals surface area contributed by atoms with E-state index in [9.17, 15) is 0 Å². The lowest BCUT2D eigenvalue weighted by molar-refractivity contribution is 0.133. The van der Waals surface area contributed by atoms with Gasteiger partial charge in [-0.2, -0.15) is 0 Å². The fourth-order valence-electron chi connectivity index (χ4n) is 2.49. The molecule has 14 heavy (non-hydrogen) atoms. The monoisotopic (exact) mass is 194 g/mol. The van der Waals surface area contributed by atoms with Gasteiger partial charge in [-0.25, -0.2) is 0 Å². The van der Waals surface area contributed by atoms with Crippen LogP contribution in [0.3, 0.4) is 0 Å². The van der Waals surface area contributed by atoms with E-state index in [1.54, 1.807) is 0 Å². The van der Waals surface area contributed by atoms with Gasteiger partial charge in [-0.05, 0) is 25.2 Å². The number of piperazine rings is 1. The maximum absolute atomic E-state index is 3.85. The van der Waals surface area contributed by atoms with Gasteiger partial charge >= 0.3 is 0 Å². The lowest BCUT2D eigenvalue weighted by Crippen LogP contribution is -2.56. The molecule has 2 rings (SSSR count). The van der Waals surface area contributed by atoms with Crippen molar-refractivity contribution in [1.82, 2.24) is 10.2 Å². The fraction of sp³-hybridized carbons (Fsp3) is 0.833. The van der Waals surface area contributed by atoms with Crippen LogP contribution in [0.4, 0.5) is 0 Å². The molecule has 2 aliphatic rings. The zero-order chi connectivity index (χ0) is 9.97. The molecule has 0 aromatic rings. The zero-order valence-corrected chi connectivity index (χ0v) is 9.21. The molecule has 1 saturated heterocycles. The van der Waals surface area contributed by atoms with E-state index in [1.165, 1.54) is 32.4 Å². The molecule has 0 bridgehead atoms. The molecular weight excluding hydrogens is 172 g/mol. The quantitative estimate of drug-likeness (QED) is 0.684. The Bertz CT molecular complexity index is 198. The molecule has 2 atom stereocenters. The summed E-state index contributed by atoms with van der Waals surface area (Å²) in [6, 6.07) is 1.49. The van der Waals surface area contributed by atoms with Gasteiger partial charge in [0.15, 0.2) is 0 Å². The van der Waals surface area contributed by atoms with Crippen LogP contribution in [0.1, 0.15) is 26.2 Å². The molecule has 80 valence electrons. The van der Waals surface area contributed by atoms with E-state index in [0.717, 1.165) is 24.5 Å². The van der Waals surface area contributed by atoms with Crippen molar-refractivity contribution >= 4 is 0 Å². The average molecular weight is 194 g/mol. The Morgan fingerprint density at radius 1 is 1.50 bits per heavy atom. The zero-order valence-electron chi connectivity index (χ0n) is 9.21. The van der Waals surface area contributed by atoms with Crippen molar-refractivity contribution in [3.05, 3.63) is 12.7 Å². The molecule has 1 aliphatic heterocycles. The Morgan fingerprint density at radius 3 is 2.86 bits per heavy atom. The predicted molar refractivity (Wildman–Crippen MR) is 60.4 cm³/mol. The van der Waals surface area contributed by atoms with Gasteiger partial charge in [0, 0.05) is 31.7 Å². The minimum absolute atomic E-state index is 0.725. The van der Waals surface area contributed by atoms with Crippen LogP contribution in [0.15, 0.2) is 12.7 Å². The van der Waals surface area contributed by atoms with Crippen LogP contribution in [-0.4, -0.2) is 36.6 Å². The lowest BCUT2D eigenvalue weighted by Gasteiger charge is -2.39. The van der Waals surface area contributed by atoms with Gasteiger partial charge in [-0.15, -0.1) is 6.58 Å². The number of hydrogen-bond donors (Lipinski definition) is 1. The van der Waals surface area contributed by atoms with Crippen molar-refractivity contribution in [3.63, 3.8) is 0 Å². The summed E-state index contributed by atoms with van der Waals surface area (Å²) < 4.78 is 0. The molecule has 0 aromatic heterocycles. The minimum Gasteiger partial charge on any atom is -0.311 e. The number of rotatable bonds is 4. The third-order valence-corrected chi connectivity index (χ3v) is 3.59. The predicted octanol–water partition coefficient (Wildman–Crippen LogP) is 1.63. The number of nitrogens with zero attached hydrogens (tertiary/aromatic N) is 1. The molecule has 2 fully saturated rings. The second-order valence-electron chi connectivity index (χ2n) is 4.66. The smallest absolute Gasteiger partial charge is 0.0224 e. The van der Waals surface area contributed by atoms with Crippen molar-refractivity contribution in [2.24, 2.45) is 5.92 Å². The van der Waals surface area contributed by atoms with E-state index in [4.69, 9.17) is 0 Å². The largest absolute Gasteiger partial charge is 0.311 e. The first-order valence-electron chi connectivity index (χ1n) is 5.93. The molecule has 0 spiro atoms. The van der Waals surface area contributed by atoms with Crippen molar-refractivity contribution < 1.29 is 0 Å². The lowest BCUT2D eigenvalue weighted by atomic mass is 10.0. The molecule has 2 heteroatoms. The molecule has 0 aromatic carbocycles. The Hall–Kier alpha value is -0.340. The van der Waals surface area contributed by atoms with E-state index in [0.29, 0.717) is 0 Å². The summed E-state index contributed by atoms with van der Waals surface area (Å²) in [4.78, 5) is 2.59. The van der Waals surface area contributed by atoms with E-state index >= 15 is 0 Å². The van der Waals surface area contributed by atoms with E-state index in [2.05, 4.69) is 23.7 Å². The molecule has 2 nitrogen and oxygen atoms in total. The first-order valence-corrected chi connectivity index (χ1v) is 5.93. The first kappa shape index (κ1) is 10.2. The highest BCUT2D eigenvalue weighted by molar-refractivity contribution is 4.95. The summed E-state index contributed by atoms with van der Waals surface area (Å²) in [7, 11) is 0. The fourth-order valence-corrected chi connectivity index (χ4v) is 2.49. The van der Waals surface area contributed by atoms with Crippen molar-refractivity contribution in [2.45, 2.75) is 38.3 Å². The van der Waals surface area contributed by atoms with Crippen molar-refractivity contribution in [1.29, 1.82) is 0 Å². The Labute approximate surface area is 87.4 Å². The number of nitrogens with one attached hydrogen (secondary N) is 1. The highest BCUT2D eigenvalue weighted by atomic mass is 15.2. The first-order chi connectivity index (χ1) is 6.85. The molecule has 0 amide bonds. The van der Waals surface area contributed by atoms with Crippen LogP contribution < -0.4 is 5.32 Å². The van der Waals surface area contributed by atoms with Gasteiger partial charge in [0.05, 0.1) is 0 Å². The summed E-state index contributed by atoms with van der Waals surface area (Å²) in [6.07, 6.45) is 6.17. The SMILES string of the molecule is C=CCN1CC(C2CC2)NCC1CC. The van der Waals surface area contributed by atoms with Crippen LogP contribution in [0.25, 0.3) is 0 Å². The van der Waals surface area contributed by atoms with E-state index < -0.39 is 0 Å². The maximum Gasteiger partial charge on any atom is 0.0224 e. The van der Waals surface area contributed by atoms with E-state index in [-0.39, 0.29) is 0 Å². The normalized spacial score (nSPS) is 34.4. The summed E-state index contributed by atoms with van der Waals surface area (Å²) >= 11 is 0. The second-order valence-corrected chi connectivity index (χ2v) is 4.66. The van der Waals surface area contributed by atoms with Crippen LogP contribution in [0, 0.1) is 5.92 Å². The Balaban J connectivity index is 1.89. The topological polar surface area (TPSA) is 15.3 Å². The van der Waals surface area contributed by atoms with Crippen LogP contribution in [0.5, 0.6) is 0 Å². The standard InChI is InChI=1S/C12H22N2/c1-3-7-14-9-12(10-5-6-10)13-8-11(14)4-2/h3,10-13H,1,4-9H2,2H3. The van der Waals surface area contributed by atoms with Crippen LogP contribution in [0.2, 0.25) is 0 Å². The molecular formula is C12H22N2.